The Labute approximate surface area is 66.4 Å². The Hall–Kier alpha value is -1.09. The van der Waals surface area contributed by atoms with Gasteiger partial charge in [-0.3, -0.25) is 4.98 Å². The molecule has 1 aromatic heterocycles. The first-order chi connectivity index (χ1) is 5.36. The van der Waals surface area contributed by atoms with E-state index in [1.54, 1.807) is 13.3 Å². The topological polar surface area (TPSA) is 34.1 Å². The highest BCUT2D eigenvalue weighted by molar-refractivity contribution is 5.22. The molecule has 1 N–H and O–H groups in total. The number of hydrogen-bond donors (Lipinski definition) is 1. The Bertz CT molecular complexity index is 225. The van der Waals surface area contributed by atoms with Crippen LogP contribution in [0.3, 0.4) is 0 Å². The molecular formula is C8H12N2O. The van der Waals surface area contributed by atoms with Crippen molar-refractivity contribution >= 4 is 0 Å². The smallest absolute Gasteiger partial charge is 0.122 e. The molecular weight excluding hydrogens is 140 g/mol. The normalized spacial score (nSPS) is 9.64. The molecule has 0 aromatic carbocycles. The second kappa shape index (κ2) is 3.93. The lowest BCUT2D eigenvalue weighted by Crippen LogP contribution is -2.06. The third-order valence-corrected chi connectivity index (χ3v) is 1.38. The fraction of sp³-hybridized carbons (Fsp3) is 0.375. The van der Waals surface area contributed by atoms with Gasteiger partial charge >= 0.3 is 0 Å². The molecule has 0 aliphatic carbocycles. The molecule has 0 aliphatic rings. The zero-order valence-electron chi connectivity index (χ0n) is 6.79. The van der Waals surface area contributed by atoms with E-state index in [0.29, 0.717) is 0 Å². The average Bonchev–Trinajstić information content (AvgIpc) is 2.06. The fourth-order valence-electron chi connectivity index (χ4n) is 0.861. The van der Waals surface area contributed by atoms with Gasteiger partial charge in [0.1, 0.15) is 5.75 Å². The lowest BCUT2D eigenvalue weighted by molar-refractivity contribution is 0.413. The minimum atomic E-state index is 0.775. The van der Waals surface area contributed by atoms with Crippen LogP contribution in [0.5, 0.6) is 5.75 Å². The van der Waals surface area contributed by atoms with Crippen molar-refractivity contribution in [2.24, 2.45) is 0 Å². The van der Waals surface area contributed by atoms with Crippen LogP contribution in [0.2, 0.25) is 0 Å². The van der Waals surface area contributed by atoms with Crippen LogP contribution in [0.25, 0.3) is 0 Å². The van der Waals surface area contributed by atoms with Crippen molar-refractivity contribution in [1.29, 1.82) is 0 Å². The molecule has 0 radical (unpaired) electrons. The van der Waals surface area contributed by atoms with E-state index in [1.807, 2.05) is 19.2 Å². The summed E-state index contributed by atoms with van der Waals surface area (Å²) in [6.07, 6.45) is 1.74. The van der Waals surface area contributed by atoms with Gasteiger partial charge in [0.15, 0.2) is 0 Å². The van der Waals surface area contributed by atoms with Crippen LogP contribution in [0.1, 0.15) is 5.69 Å². The number of methoxy groups -OCH3 is 1. The molecule has 0 aliphatic heterocycles. The third kappa shape index (κ3) is 2.20. The molecule has 0 bridgehead atoms. The zero-order chi connectivity index (χ0) is 8.10. The van der Waals surface area contributed by atoms with Gasteiger partial charge in [-0.15, -0.1) is 0 Å². The minimum absolute atomic E-state index is 0.775. The summed E-state index contributed by atoms with van der Waals surface area (Å²) in [7, 11) is 3.54. The van der Waals surface area contributed by atoms with Gasteiger partial charge < -0.3 is 10.1 Å². The van der Waals surface area contributed by atoms with Gasteiger partial charge in [0, 0.05) is 18.8 Å². The van der Waals surface area contributed by atoms with Crippen LogP contribution in [-0.4, -0.2) is 19.1 Å². The van der Waals surface area contributed by atoms with E-state index in [0.717, 1.165) is 18.0 Å². The molecule has 0 unspecified atom stereocenters. The molecule has 0 atom stereocenters. The van der Waals surface area contributed by atoms with Gasteiger partial charge in [-0.1, -0.05) is 0 Å². The van der Waals surface area contributed by atoms with E-state index in [9.17, 15) is 0 Å². The van der Waals surface area contributed by atoms with Crippen LogP contribution >= 0.6 is 0 Å². The molecule has 1 heterocycles. The third-order valence-electron chi connectivity index (χ3n) is 1.38. The maximum Gasteiger partial charge on any atom is 0.122 e. The maximum atomic E-state index is 5.03. The van der Waals surface area contributed by atoms with Crippen molar-refractivity contribution in [3.05, 3.63) is 24.0 Å². The highest BCUT2D eigenvalue weighted by Gasteiger charge is 1.93. The Morgan fingerprint density at radius 1 is 1.64 bits per heavy atom. The molecule has 3 heteroatoms. The predicted molar refractivity (Wildman–Crippen MR) is 43.6 cm³/mol. The summed E-state index contributed by atoms with van der Waals surface area (Å²) in [6.45, 7) is 0.775. The first-order valence-corrected chi connectivity index (χ1v) is 3.50. The van der Waals surface area contributed by atoms with Crippen LogP contribution in [0.4, 0.5) is 0 Å². The molecule has 0 saturated carbocycles. The standard InChI is InChI=1S/C8H12N2O/c1-9-6-7-5-8(11-2)3-4-10-7/h3-5,9H,6H2,1-2H3. The maximum absolute atomic E-state index is 5.03. The van der Waals surface area contributed by atoms with Crippen LogP contribution < -0.4 is 10.1 Å². The Morgan fingerprint density at radius 2 is 2.45 bits per heavy atom. The number of pyridine rings is 1. The minimum Gasteiger partial charge on any atom is -0.497 e. The summed E-state index contributed by atoms with van der Waals surface area (Å²) in [4.78, 5) is 4.13. The summed E-state index contributed by atoms with van der Waals surface area (Å²) in [5.41, 5.74) is 0.992. The lowest BCUT2D eigenvalue weighted by Gasteiger charge is -2.01. The Balaban J connectivity index is 2.74. The van der Waals surface area contributed by atoms with Crippen molar-refractivity contribution in [2.75, 3.05) is 14.2 Å². The van der Waals surface area contributed by atoms with E-state index in [4.69, 9.17) is 4.74 Å². The lowest BCUT2D eigenvalue weighted by atomic mass is 10.3. The summed E-state index contributed by atoms with van der Waals surface area (Å²) in [6, 6.07) is 3.75. The van der Waals surface area contributed by atoms with Crippen molar-refractivity contribution in [2.45, 2.75) is 6.54 Å². The fourth-order valence-corrected chi connectivity index (χ4v) is 0.861. The van der Waals surface area contributed by atoms with Gasteiger partial charge in [-0.2, -0.15) is 0 Å². The van der Waals surface area contributed by atoms with Crippen LogP contribution in [0, 0.1) is 0 Å². The molecule has 60 valence electrons. The van der Waals surface area contributed by atoms with Gasteiger partial charge in [0.05, 0.1) is 12.8 Å². The molecule has 0 spiro atoms. The van der Waals surface area contributed by atoms with Gasteiger partial charge in [-0.05, 0) is 13.1 Å². The first-order valence-electron chi connectivity index (χ1n) is 3.50. The largest absolute Gasteiger partial charge is 0.497 e. The van der Waals surface area contributed by atoms with E-state index >= 15 is 0 Å². The van der Waals surface area contributed by atoms with E-state index in [-0.39, 0.29) is 0 Å². The summed E-state index contributed by atoms with van der Waals surface area (Å²) in [5.74, 6) is 0.852. The number of hydrogen-bond acceptors (Lipinski definition) is 3. The van der Waals surface area contributed by atoms with E-state index in [1.165, 1.54) is 0 Å². The summed E-state index contributed by atoms with van der Waals surface area (Å²) < 4.78 is 5.03. The van der Waals surface area contributed by atoms with Gasteiger partial charge in [0.2, 0.25) is 0 Å². The summed E-state index contributed by atoms with van der Waals surface area (Å²) >= 11 is 0. The number of aromatic nitrogens is 1. The Morgan fingerprint density at radius 3 is 3.09 bits per heavy atom. The highest BCUT2D eigenvalue weighted by atomic mass is 16.5. The Kier molecular flexibility index (Phi) is 2.86. The molecule has 0 amide bonds. The first kappa shape index (κ1) is 8.01. The van der Waals surface area contributed by atoms with E-state index in [2.05, 4.69) is 10.3 Å². The SMILES string of the molecule is CNCc1cc(OC)ccn1. The molecule has 0 saturated heterocycles. The molecule has 3 nitrogen and oxygen atoms in total. The quantitative estimate of drug-likeness (QED) is 0.696. The molecule has 0 fully saturated rings. The average molecular weight is 152 g/mol. The van der Waals surface area contributed by atoms with Gasteiger partial charge in [0.25, 0.3) is 0 Å². The van der Waals surface area contributed by atoms with Crippen molar-refractivity contribution in [1.82, 2.24) is 10.3 Å². The van der Waals surface area contributed by atoms with Crippen molar-refractivity contribution in [3.8, 4) is 5.75 Å². The van der Waals surface area contributed by atoms with Crippen LogP contribution in [-0.2, 0) is 6.54 Å². The number of rotatable bonds is 3. The highest BCUT2D eigenvalue weighted by Crippen LogP contribution is 2.08. The van der Waals surface area contributed by atoms with Crippen molar-refractivity contribution in [3.63, 3.8) is 0 Å². The molecule has 1 aromatic rings. The number of nitrogens with one attached hydrogen (secondary N) is 1. The summed E-state index contributed by atoms with van der Waals surface area (Å²) in [5, 5.41) is 3.02. The van der Waals surface area contributed by atoms with E-state index < -0.39 is 0 Å². The number of nitrogens with zero attached hydrogens (tertiary/aromatic N) is 1. The predicted octanol–water partition coefficient (Wildman–Crippen LogP) is 0.810. The molecule has 11 heavy (non-hydrogen) atoms. The monoisotopic (exact) mass is 152 g/mol. The van der Waals surface area contributed by atoms with Crippen LogP contribution in [0.15, 0.2) is 18.3 Å². The number of ether oxygens (including phenoxy) is 1. The zero-order valence-corrected chi connectivity index (χ0v) is 6.79. The second-order valence-electron chi connectivity index (χ2n) is 2.22. The van der Waals surface area contributed by atoms with Crippen molar-refractivity contribution < 1.29 is 4.74 Å². The second-order valence-corrected chi connectivity index (χ2v) is 2.22. The molecule has 1 rings (SSSR count). The van der Waals surface area contributed by atoms with Gasteiger partial charge in [-0.25, -0.2) is 0 Å².